The molecule has 0 aliphatic carbocycles. The number of H-pyrrole nitrogens is 1. The van der Waals surface area contributed by atoms with E-state index >= 15 is 0 Å². The lowest BCUT2D eigenvalue weighted by Crippen LogP contribution is -2.44. The summed E-state index contributed by atoms with van der Waals surface area (Å²) >= 11 is 3.38. The number of halogens is 1. The van der Waals surface area contributed by atoms with E-state index in [9.17, 15) is 9.59 Å². The fourth-order valence-corrected chi connectivity index (χ4v) is 1.86. The zero-order valence-corrected chi connectivity index (χ0v) is 13.7. The number of nitrogens with zero attached hydrogens (tertiary/aromatic N) is 1. The van der Waals surface area contributed by atoms with Crippen molar-refractivity contribution in [3.05, 3.63) is 45.7 Å². The van der Waals surface area contributed by atoms with Gasteiger partial charge in [0, 0.05) is 10.2 Å². The molecule has 2 aromatic rings. The average Bonchev–Trinajstić information content (AvgIpc) is 2.92. The first kappa shape index (κ1) is 16.0. The molecule has 0 fully saturated rings. The van der Waals surface area contributed by atoms with E-state index in [2.05, 4.69) is 37.0 Å². The van der Waals surface area contributed by atoms with E-state index in [0.717, 1.165) is 15.7 Å². The maximum atomic E-state index is 11.7. The topological polar surface area (TPSA) is 96.1 Å². The number of amides is 2. The lowest BCUT2D eigenvalue weighted by Gasteiger charge is -2.09. The van der Waals surface area contributed by atoms with Crippen LogP contribution in [0.5, 0.6) is 5.75 Å². The number of carbonyl (C=O) groups is 2. The third-order valence-corrected chi connectivity index (χ3v) is 3.64. The Labute approximate surface area is 135 Å². The molecule has 0 atom stereocenters. The number of aryl methyl sites for hydroxylation is 2. The molecule has 116 valence electrons. The van der Waals surface area contributed by atoms with Gasteiger partial charge >= 0.3 is 0 Å². The number of nitrogens with one attached hydrogen (secondary N) is 3. The Morgan fingerprint density at radius 2 is 2.05 bits per heavy atom. The molecule has 2 amide bonds. The van der Waals surface area contributed by atoms with Gasteiger partial charge in [-0.05, 0) is 43.7 Å². The maximum absolute atomic E-state index is 11.7. The summed E-state index contributed by atoms with van der Waals surface area (Å²) in [6.07, 6.45) is 0. The highest BCUT2D eigenvalue weighted by Gasteiger charge is 2.10. The number of hydrogen-bond donors (Lipinski definition) is 3. The fourth-order valence-electron chi connectivity index (χ4n) is 1.62. The van der Waals surface area contributed by atoms with Crippen molar-refractivity contribution in [3.63, 3.8) is 0 Å². The Bertz CT molecular complexity index is 699. The van der Waals surface area contributed by atoms with Crippen LogP contribution in [0.15, 0.2) is 28.7 Å². The van der Waals surface area contributed by atoms with Crippen molar-refractivity contribution < 1.29 is 14.3 Å². The predicted octanol–water partition coefficient (Wildman–Crippen LogP) is 1.63. The third-order valence-electron chi connectivity index (χ3n) is 2.75. The Kier molecular flexibility index (Phi) is 5.16. The number of aromatic amines is 1. The third kappa shape index (κ3) is 4.32. The van der Waals surface area contributed by atoms with Gasteiger partial charge in [0.05, 0.1) is 0 Å². The van der Waals surface area contributed by atoms with Gasteiger partial charge < -0.3 is 4.74 Å². The summed E-state index contributed by atoms with van der Waals surface area (Å²) in [5.74, 6) is -0.400. The van der Waals surface area contributed by atoms with Crippen LogP contribution in [0.4, 0.5) is 0 Å². The van der Waals surface area contributed by atoms with E-state index in [4.69, 9.17) is 4.74 Å². The second-order valence-electron chi connectivity index (χ2n) is 4.64. The second-order valence-corrected chi connectivity index (χ2v) is 5.49. The van der Waals surface area contributed by atoms with Gasteiger partial charge in [-0.1, -0.05) is 15.9 Å². The standard InChI is InChI=1S/C14H15BrN4O3/c1-8-5-10(3-4-11(8)15)22-7-13(20)18-19-14(21)12-6-9(2)16-17-12/h3-6H,7H2,1-2H3,(H,16,17)(H,18,20)(H,19,21). The molecule has 0 aliphatic rings. The molecule has 0 unspecified atom stereocenters. The van der Waals surface area contributed by atoms with Crippen LogP contribution in [0.2, 0.25) is 0 Å². The van der Waals surface area contributed by atoms with Crippen LogP contribution in [0, 0.1) is 13.8 Å². The van der Waals surface area contributed by atoms with Crippen LogP contribution in [0.1, 0.15) is 21.7 Å². The molecule has 0 bridgehead atoms. The number of carbonyl (C=O) groups excluding carboxylic acids is 2. The van der Waals surface area contributed by atoms with Crippen molar-refractivity contribution in [1.82, 2.24) is 21.0 Å². The number of ether oxygens (including phenoxy) is 1. The van der Waals surface area contributed by atoms with Crippen molar-refractivity contribution in [2.45, 2.75) is 13.8 Å². The smallest absolute Gasteiger partial charge is 0.290 e. The van der Waals surface area contributed by atoms with Crippen molar-refractivity contribution in [2.75, 3.05) is 6.61 Å². The first-order chi connectivity index (χ1) is 10.5. The quantitative estimate of drug-likeness (QED) is 0.716. The monoisotopic (exact) mass is 366 g/mol. The van der Waals surface area contributed by atoms with Crippen LogP contribution in [0.25, 0.3) is 0 Å². The van der Waals surface area contributed by atoms with Gasteiger partial charge in [0.2, 0.25) is 0 Å². The Hall–Kier alpha value is -2.35. The minimum atomic E-state index is -0.503. The zero-order valence-electron chi connectivity index (χ0n) is 12.1. The molecule has 3 N–H and O–H groups in total. The molecule has 1 aromatic carbocycles. The van der Waals surface area contributed by atoms with E-state index < -0.39 is 11.8 Å². The molecule has 0 radical (unpaired) electrons. The number of aromatic nitrogens is 2. The zero-order chi connectivity index (χ0) is 16.1. The van der Waals surface area contributed by atoms with Crippen molar-refractivity contribution in [2.24, 2.45) is 0 Å². The second kappa shape index (κ2) is 7.08. The lowest BCUT2D eigenvalue weighted by atomic mass is 10.2. The SMILES string of the molecule is Cc1cc(C(=O)NNC(=O)COc2ccc(Br)c(C)c2)n[nH]1. The van der Waals surface area contributed by atoms with E-state index in [1.165, 1.54) is 0 Å². The van der Waals surface area contributed by atoms with Crippen LogP contribution in [0.3, 0.4) is 0 Å². The van der Waals surface area contributed by atoms with Crippen LogP contribution < -0.4 is 15.6 Å². The van der Waals surface area contributed by atoms with Crippen LogP contribution >= 0.6 is 15.9 Å². The van der Waals surface area contributed by atoms with E-state index in [0.29, 0.717) is 5.75 Å². The highest BCUT2D eigenvalue weighted by molar-refractivity contribution is 9.10. The molecule has 0 saturated heterocycles. The predicted molar refractivity (Wildman–Crippen MR) is 83.3 cm³/mol. The van der Waals surface area contributed by atoms with E-state index in [1.54, 1.807) is 19.1 Å². The molecule has 0 spiro atoms. The van der Waals surface area contributed by atoms with Crippen molar-refractivity contribution >= 4 is 27.7 Å². The minimum Gasteiger partial charge on any atom is -0.484 e. The summed E-state index contributed by atoms with van der Waals surface area (Å²) in [5.41, 5.74) is 6.47. The molecule has 22 heavy (non-hydrogen) atoms. The Balaban J connectivity index is 1.78. The summed E-state index contributed by atoms with van der Waals surface area (Å²) in [7, 11) is 0. The maximum Gasteiger partial charge on any atom is 0.290 e. The molecule has 0 aliphatic heterocycles. The molecule has 2 rings (SSSR count). The lowest BCUT2D eigenvalue weighted by molar-refractivity contribution is -0.123. The minimum absolute atomic E-state index is 0.197. The summed E-state index contributed by atoms with van der Waals surface area (Å²) < 4.78 is 6.30. The molecule has 1 aromatic heterocycles. The summed E-state index contributed by atoms with van der Waals surface area (Å²) in [4.78, 5) is 23.3. The van der Waals surface area contributed by atoms with E-state index in [-0.39, 0.29) is 12.3 Å². The normalized spacial score (nSPS) is 10.1. The van der Waals surface area contributed by atoms with Gasteiger partial charge in [-0.2, -0.15) is 5.10 Å². The molecule has 8 heteroatoms. The number of hydrazine groups is 1. The van der Waals surface area contributed by atoms with Gasteiger partial charge in [0.25, 0.3) is 11.8 Å². The van der Waals surface area contributed by atoms with Crippen LogP contribution in [-0.4, -0.2) is 28.6 Å². The first-order valence-corrected chi connectivity index (χ1v) is 7.25. The molecular formula is C14H15BrN4O3. The van der Waals surface area contributed by atoms with E-state index in [1.807, 2.05) is 19.1 Å². The Morgan fingerprint density at radius 3 is 2.68 bits per heavy atom. The van der Waals surface area contributed by atoms with Gasteiger partial charge in [-0.25, -0.2) is 0 Å². The highest BCUT2D eigenvalue weighted by atomic mass is 79.9. The number of hydrogen-bond acceptors (Lipinski definition) is 4. The van der Waals surface area contributed by atoms with Gasteiger partial charge in [0.1, 0.15) is 5.75 Å². The molecule has 0 saturated carbocycles. The van der Waals surface area contributed by atoms with Gasteiger partial charge in [-0.3, -0.25) is 25.5 Å². The van der Waals surface area contributed by atoms with Gasteiger partial charge in [0.15, 0.2) is 12.3 Å². The Morgan fingerprint density at radius 1 is 1.27 bits per heavy atom. The average molecular weight is 367 g/mol. The van der Waals surface area contributed by atoms with Crippen molar-refractivity contribution in [3.8, 4) is 5.75 Å². The summed E-state index contributed by atoms with van der Waals surface area (Å²) in [5, 5.41) is 6.42. The van der Waals surface area contributed by atoms with Gasteiger partial charge in [-0.15, -0.1) is 0 Å². The summed E-state index contributed by atoms with van der Waals surface area (Å²) in [6, 6.07) is 6.96. The number of benzene rings is 1. The first-order valence-electron chi connectivity index (χ1n) is 6.46. The largest absolute Gasteiger partial charge is 0.484 e. The summed E-state index contributed by atoms with van der Waals surface area (Å²) in [6.45, 7) is 3.49. The highest BCUT2D eigenvalue weighted by Crippen LogP contribution is 2.21. The molecule has 7 nitrogen and oxygen atoms in total. The number of rotatable bonds is 4. The molecule has 1 heterocycles. The van der Waals surface area contributed by atoms with Crippen molar-refractivity contribution in [1.29, 1.82) is 0 Å². The molecular weight excluding hydrogens is 352 g/mol. The fraction of sp³-hybridized carbons (Fsp3) is 0.214. The van der Waals surface area contributed by atoms with Crippen LogP contribution in [-0.2, 0) is 4.79 Å².